The van der Waals surface area contributed by atoms with E-state index >= 15 is 0 Å². The highest BCUT2D eigenvalue weighted by Crippen LogP contribution is 2.18. The third kappa shape index (κ3) is 6.18. The Morgan fingerprint density at radius 1 is 0.960 bits per heavy atom. The molecule has 4 nitrogen and oxygen atoms in total. The summed E-state index contributed by atoms with van der Waals surface area (Å²) in [5, 5.41) is 6.11. The number of amides is 2. The molecule has 1 aromatic rings. The van der Waals surface area contributed by atoms with Gasteiger partial charge in [0, 0.05) is 23.2 Å². The Kier molecular flexibility index (Phi) is 7.96. The van der Waals surface area contributed by atoms with Gasteiger partial charge in [-0.25, -0.2) is 0 Å². The van der Waals surface area contributed by atoms with Gasteiger partial charge in [-0.1, -0.05) is 46.0 Å². The fourth-order valence-electron chi connectivity index (χ4n) is 3.48. The number of hydrogen-bond donors (Lipinski definition) is 2. The first-order valence-corrected chi connectivity index (χ1v) is 9.85. The number of carbonyl (C=O) groups is 2. The highest BCUT2D eigenvalue weighted by molar-refractivity contribution is 5.96. The smallest absolute Gasteiger partial charge is 0.251 e. The van der Waals surface area contributed by atoms with Gasteiger partial charge in [-0.05, 0) is 49.9 Å². The molecule has 4 heteroatoms. The van der Waals surface area contributed by atoms with Crippen molar-refractivity contribution in [3.8, 4) is 0 Å². The molecule has 0 saturated heterocycles. The third-order valence-corrected chi connectivity index (χ3v) is 5.21. The van der Waals surface area contributed by atoms with E-state index in [1.54, 1.807) is 12.1 Å². The highest BCUT2D eigenvalue weighted by Gasteiger charge is 2.16. The average molecular weight is 344 g/mol. The molecule has 0 bridgehead atoms. The SMILES string of the molecule is CCC(CC)C(=O)Nc1ccc(C(=O)NC2CCCCCCC2)cc1. The van der Waals surface area contributed by atoms with Gasteiger partial charge in [-0.3, -0.25) is 9.59 Å². The molecule has 1 aliphatic carbocycles. The van der Waals surface area contributed by atoms with Crippen LogP contribution in [0.5, 0.6) is 0 Å². The largest absolute Gasteiger partial charge is 0.349 e. The summed E-state index contributed by atoms with van der Waals surface area (Å²) >= 11 is 0. The van der Waals surface area contributed by atoms with Crippen LogP contribution in [-0.4, -0.2) is 17.9 Å². The van der Waals surface area contributed by atoms with E-state index in [-0.39, 0.29) is 17.7 Å². The van der Waals surface area contributed by atoms with Crippen LogP contribution in [-0.2, 0) is 4.79 Å². The Morgan fingerprint density at radius 2 is 1.52 bits per heavy atom. The number of nitrogens with one attached hydrogen (secondary N) is 2. The molecular formula is C21H32N2O2. The maximum atomic E-state index is 12.4. The standard InChI is InChI=1S/C21H32N2O2/c1-3-16(4-2)20(24)23-19-14-12-17(13-15-19)21(25)22-18-10-8-6-5-7-9-11-18/h12-16,18H,3-11H2,1-2H3,(H,22,25)(H,23,24). The zero-order valence-electron chi connectivity index (χ0n) is 15.6. The van der Waals surface area contributed by atoms with Crippen LogP contribution in [0.25, 0.3) is 0 Å². The molecule has 0 aliphatic heterocycles. The molecule has 25 heavy (non-hydrogen) atoms. The Labute approximate surface area is 151 Å². The van der Waals surface area contributed by atoms with E-state index in [2.05, 4.69) is 10.6 Å². The molecule has 2 N–H and O–H groups in total. The molecule has 0 heterocycles. The van der Waals surface area contributed by atoms with Crippen LogP contribution in [0, 0.1) is 5.92 Å². The molecular weight excluding hydrogens is 312 g/mol. The van der Waals surface area contributed by atoms with Gasteiger partial charge in [0.1, 0.15) is 0 Å². The van der Waals surface area contributed by atoms with E-state index in [1.807, 2.05) is 26.0 Å². The fourth-order valence-corrected chi connectivity index (χ4v) is 3.48. The van der Waals surface area contributed by atoms with Crippen LogP contribution in [0.15, 0.2) is 24.3 Å². The first-order chi connectivity index (χ1) is 12.1. The van der Waals surface area contributed by atoms with E-state index in [0.29, 0.717) is 11.6 Å². The second-order valence-electron chi connectivity index (χ2n) is 7.10. The zero-order valence-corrected chi connectivity index (χ0v) is 15.6. The van der Waals surface area contributed by atoms with Crippen LogP contribution < -0.4 is 10.6 Å². The Bertz CT molecular complexity index is 542. The minimum atomic E-state index is -0.0107. The summed E-state index contributed by atoms with van der Waals surface area (Å²) in [7, 11) is 0. The van der Waals surface area contributed by atoms with E-state index in [4.69, 9.17) is 0 Å². The second kappa shape index (κ2) is 10.2. The van der Waals surface area contributed by atoms with Crippen LogP contribution in [0.1, 0.15) is 82.0 Å². The summed E-state index contributed by atoms with van der Waals surface area (Å²) < 4.78 is 0. The molecule has 0 aromatic heterocycles. The number of anilines is 1. The van der Waals surface area contributed by atoms with Crippen molar-refractivity contribution < 1.29 is 9.59 Å². The van der Waals surface area contributed by atoms with Crippen LogP contribution in [0.4, 0.5) is 5.69 Å². The summed E-state index contributed by atoms with van der Waals surface area (Å²) in [6.45, 7) is 4.05. The minimum Gasteiger partial charge on any atom is -0.349 e. The Hall–Kier alpha value is -1.84. The monoisotopic (exact) mass is 344 g/mol. The van der Waals surface area contributed by atoms with Crippen LogP contribution in [0.3, 0.4) is 0 Å². The van der Waals surface area contributed by atoms with Crippen molar-refractivity contribution >= 4 is 17.5 Å². The van der Waals surface area contributed by atoms with Gasteiger partial charge < -0.3 is 10.6 Å². The predicted molar refractivity (Wildman–Crippen MR) is 103 cm³/mol. The highest BCUT2D eigenvalue weighted by atomic mass is 16.2. The Morgan fingerprint density at radius 3 is 2.08 bits per heavy atom. The lowest BCUT2D eigenvalue weighted by Gasteiger charge is -2.21. The lowest BCUT2D eigenvalue weighted by molar-refractivity contribution is -0.120. The molecule has 2 rings (SSSR count). The van der Waals surface area contributed by atoms with Crippen molar-refractivity contribution in [3.63, 3.8) is 0 Å². The predicted octanol–water partition coefficient (Wildman–Crippen LogP) is 4.90. The number of benzene rings is 1. The molecule has 0 atom stereocenters. The van der Waals surface area contributed by atoms with Gasteiger partial charge in [-0.15, -0.1) is 0 Å². The van der Waals surface area contributed by atoms with Gasteiger partial charge in [0.2, 0.25) is 5.91 Å². The van der Waals surface area contributed by atoms with Gasteiger partial charge >= 0.3 is 0 Å². The number of rotatable bonds is 6. The summed E-state index contributed by atoms with van der Waals surface area (Å²) in [5.41, 5.74) is 1.40. The minimum absolute atomic E-state index is 0.0107. The number of hydrogen-bond acceptors (Lipinski definition) is 2. The maximum Gasteiger partial charge on any atom is 0.251 e. The molecule has 2 amide bonds. The summed E-state index contributed by atoms with van der Waals surface area (Å²) in [6.07, 6.45) is 10.1. The van der Waals surface area contributed by atoms with Crippen LogP contribution >= 0.6 is 0 Å². The molecule has 1 aliphatic rings. The zero-order chi connectivity index (χ0) is 18.1. The van der Waals surface area contributed by atoms with Crippen molar-refractivity contribution in [1.82, 2.24) is 5.32 Å². The van der Waals surface area contributed by atoms with Gasteiger partial charge in [-0.2, -0.15) is 0 Å². The molecule has 1 fully saturated rings. The quantitative estimate of drug-likeness (QED) is 0.771. The molecule has 1 saturated carbocycles. The summed E-state index contributed by atoms with van der Waals surface area (Å²) in [6, 6.07) is 7.50. The van der Waals surface area contributed by atoms with Crippen molar-refractivity contribution in [2.45, 2.75) is 77.7 Å². The Balaban J connectivity index is 1.89. The average Bonchev–Trinajstić information content (AvgIpc) is 2.59. The molecule has 0 radical (unpaired) electrons. The molecule has 0 spiro atoms. The summed E-state index contributed by atoms with van der Waals surface area (Å²) in [5.74, 6) is 0.0856. The number of carbonyl (C=O) groups excluding carboxylic acids is 2. The van der Waals surface area contributed by atoms with Crippen molar-refractivity contribution in [3.05, 3.63) is 29.8 Å². The maximum absolute atomic E-state index is 12.4. The lowest BCUT2D eigenvalue weighted by Crippen LogP contribution is -2.35. The first-order valence-electron chi connectivity index (χ1n) is 9.85. The topological polar surface area (TPSA) is 58.2 Å². The first kappa shape index (κ1) is 19.5. The van der Waals surface area contributed by atoms with Gasteiger partial charge in [0.15, 0.2) is 0 Å². The van der Waals surface area contributed by atoms with Gasteiger partial charge in [0.25, 0.3) is 5.91 Å². The third-order valence-electron chi connectivity index (χ3n) is 5.21. The van der Waals surface area contributed by atoms with Crippen molar-refractivity contribution in [1.29, 1.82) is 0 Å². The molecule has 0 unspecified atom stereocenters. The van der Waals surface area contributed by atoms with Crippen molar-refractivity contribution in [2.24, 2.45) is 5.92 Å². The lowest BCUT2D eigenvalue weighted by atomic mass is 9.96. The fraction of sp³-hybridized carbons (Fsp3) is 0.619. The molecule has 138 valence electrons. The van der Waals surface area contributed by atoms with E-state index < -0.39 is 0 Å². The van der Waals surface area contributed by atoms with E-state index in [0.717, 1.165) is 31.4 Å². The van der Waals surface area contributed by atoms with Gasteiger partial charge in [0.05, 0.1) is 0 Å². The molecule has 1 aromatic carbocycles. The van der Waals surface area contributed by atoms with Crippen LogP contribution in [0.2, 0.25) is 0 Å². The normalized spacial score (nSPS) is 16.1. The van der Waals surface area contributed by atoms with Crippen molar-refractivity contribution in [2.75, 3.05) is 5.32 Å². The van der Waals surface area contributed by atoms with E-state index in [1.165, 1.54) is 32.1 Å². The second-order valence-corrected chi connectivity index (χ2v) is 7.10. The van der Waals surface area contributed by atoms with E-state index in [9.17, 15) is 9.59 Å². The summed E-state index contributed by atoms with van der Waals surface area (Å²) in [4.78, 5) is 24.6.